The minimum Gasteiger partial charge on any atom is -0.308 e. The van der Waals surface area contributed by atoms with Gasteiger partial charge < -0.3 is 9.47 Å². The summed E-state index contributed by atoms with van der Waals surface area (Å²) < 4.78 is 2.45. The first-order valence-electron chi connectivity index (χ1n) is 16.7. The number of rotatable bonds is 6. The molecular formula is C46H34N2. The summed E-state index contributed by atoms with van der Waals surface area (Å²) in [6, 6.07) is 59.6. The van der Waals surface area contributed by atoms with Crippen molar-refractivity contribution in [2.45, 2.75) is 12.3 Å². The maximum atomic E-state index is 2.45. The van der Waals surface area contributed by atoms with E-state index in [1.807, 2.05) is 0 Å². The fourth-order valence-corrected chi connectivity index (χ4v) is 7.40. The Balaban J connectivity index is 1.34. The summed E-state index contributed by atoms with van der Waals surface area (Å²) in [4.78, 5) is 2.45. The molecule has 1 aliphatic carbocycles. The first-order valence-corrected chi connectivity index (χ1v) is 16.7. The van der Waals surface area contributed by atoms with E-state index in [2.05, 4.69) is 198 Å². The molecule has 1 atom stereocenters. The number of para-hydroxylation sites is 2. The van der Waals surface area contributed by atoms with Crippen LogP contribution in [0.5, 0.6) is 0 Å². The molecule has 7 aromatic carbocycles. The monoisotopic (exact) mass is 614 g/mol. The maximum absolute atomic E-state index is 2.45. The Morgan fingerprint density at radius 2 is 1.17 bits per heavy atom. The largest absolute Gasteiger partial charge is 0.308 e. The van der Waals surface area contributed by atoms with Crippen LogP contribution in [0.1, 0.15) is 17.9 Å². The van der Waals surface area contributed by atoms with Crippen molar-refractivity contribution in [1.29, 1.82) is 0 Å². The summed E-state index contributed by atoms with van der Waals surface area (Å²) in [5.41, 5.74) is 10.7. The highest BCUT2D eigenvalue weighted by atomic mass is 15.2. The van der Waals surface area contributed by atoms with Crippen LogP contribution in [0.15, 0.2) is 188 Å². The van der Waals surface area contributed by atoms with E-state index >= 15 is 0 Å². The van der Waals surface area contributed by atoms with Gasteiger partial charge in [-0.25, -0.2) is 0 Å². The van der Waals surface area contributed by atoms with Gasteiger partial charge in [0.15, 0.2) is 0 Å². The van der Waals surface area contributed by atoms with E-state index < -0.39 is 0 Å². The molecule has 0 fully saturated rings. The maximum Gasteiger partial charge on any atom is 0.0788 e. The summed E-state index contributed by atoms with van der Waals surface area (Å²) >= 11 is 0. The smallest absolute Gasteiger partial charge is 0.0788 e. The number of anilines is 3. The van der Waals surface area contributed by atoms with Crippen LogP contribution < -0.4 is 4.90 Å². The molecule has 0 amide bonds. The lowest BCUT2D eigenvalue weighted by Gasteiger charge is -2.28. The Morgan fingerprint density at radius 1 is 0.542 bits per heavy atom. The molecule has 2 heteroatoms. The van der Waals surface area contributed by atoms with Gasteiger partial charge in [0, 0.05) is 33.8 Å². The van der Waals surface area contributed by atoms with Crippen LogP contribution in [0.2, 0.25) is 0 Å². The van der Waals surface area contributed by atoms with Crippen molar-refractivity contribution in [2.75, 3.05) is 4.90 Å². The summed E-state index contributed by atoms with van der Waals surface area (Å²) in [7, 11) is 0. The molecule has 228 valence electrons. The average molecular weight is 615 g/mol. The van der Waals surface area contributed by atoms with Crippen LogP contribution in [0.4, 0.5) is 17.1 Å². The van der Waals surface area contributed by atoms with Crippen LogP contribution >= 0.6 is 0 Å². The highest BCUT2D eigenvalue weighted by Gasteiger charge is 2.24. The molecule has 2 nitrogen and oxygen atoms in total. The summed E-state index contributed by atoms with van der Waals surface area (Å²) in [5.74, 6) is 0.399. The molecule has 9 rings (SSSR count). The first kappa shape index (κ1) is 28.1. The SMILES string of the molecule is C1=CCC(c2ccc(N(c3ccc(-c4ccccc4)cc3)c3cc4ccccc4c4c5ccccc5n(-c5ccccc5)c34)cc2)C=C1. The van der Waals surface area contributed by atoms with Crippen LogP contribution in [-0.2, 0) is 0 Å². The van der Waals surface area contributed by atoms with Gasteiger partial charge in [-0.15, -0.1) is 0 Å². The standard InChI is InChI=1S/C46H34N2/c1-4-14-33(15-5-1)35-24-28-39(29-25-35)47(40-30-26-36(27-31-40)34-16-6-2-7-17-34)44-32-37-18-10-11-21-41(37)45-42-22-12-13-23-43(42)48(46(44)45)38-19-8-3-9-20-38/h1-16,18-32,34H,17H2. The second-order valence-electron chi connectivity index (χ2n) is 12.5. The molecule has 0 N–H and O–H groups in total. The highest BCUT2D eigenvalue weighted by Crippen LogP contribution is 2.47. The Bertz CT molecular complexity index is 2450. The predicted octanol–water partition coefficient (Wildman–Crippen LogP) is 12.7. The number of hydrogen-bond acceptors (Lipinski definition) is 1. The number of fused-ring (bicyclic) bond motifs is 5. The van der Waals surface area contributed by atoms with Gasteiger partial charge in [-0.05, 0) is 82.4 Å². The zero-order valence-corrected chi connectivity index (χ0v) is 26.6. The lowest BCUT2D eigenvalue weighted by atomic mass is 9.92. The minimum absolute atomic E-state index is 0.399. The van der Waals surface area contributed by atoms with Gasteiger partial charge >= 0.3 is 0 Å². The molecule has 1 aromatic heterocycles. The number of allylic oxidation sites excluding steroid dienone is 4. The molecule has 0 bridgehead atoms. The lowest BCUT2D eigenvalue weighted by Crippen LogP contribution is -2.12. The summed E-state index contributed by atoms with van der Waals surface area (Å²) in [6.07, 6.45) is 9.90. The molecule has 0 spiro atoms. The normalized spacial score (nSPS) is 14.2. The molecule has 0 radical (unpaired) electrons. The van der Waals surface area contributed by atoms with Crippen LogP contribution in [-0.4, -0.2) is 4.57 Å². The molecule has 0 saturated carbocycles. The number of hydrogen-bond donors (Lipinski definition) is 0. The first-order chi connectivity index (χ1) is 23.8. The van der Waals surface area contributed by atoms with E-state index in [9.17, 15) is 0 Å². The molecule has 8 aromatic rings. The van der Waals surface area contributed by atoms with E-state index in [1.54, 1.807) is 0 Å². The molecule has 0 aliphatic heterocycles. The lowest BCUT2D eigenvalue weighted by molar-refractivity contribution is 0.854. The van der Waals surface area contributed by atoms with Crippen molar-refractivity contribution in [3.05, 3.63) is 194 Å². The van der Waals surface area contributed by atoms with Gasteiger partial charge in [0.2, 0.25) is 0 Å². The van der Waals surface area contributed by atoms with Crippen molar-refractivity contribution < 1.29 is 0 Å². The van der Waals surface area contributed by atoms with Crippen LogP contribution in [0.25, 0.3) is 49.4 Å². The Labute approximate surface area is 281 Å². The summed E-state index contributed by atoms with van der Waals surface area (Å²) in [5, 5.41) is 5.00. The average Bonchev–Trinajstić information content (AvgIpc) is 3.52. The van der Waals surface area contributed by atoms with Crippen molar-refractivity contribution in [2.24, 2.45) is 0 Å². The molecule has 1 aliphatic rings. The quantitative estimate of drug-likeness (QED) is 0.181. The zero-order chi connectivity index (χ0) is 31.9. The van der Waals surface area contributed by atoms with Gasteiger partial charge in [-0.2, -0.15) is 0 Å². The van der Waals surface area contributed by atoms with E-state index in [-0.39, 0.29) is 0 Å². The van der Waals surface area contributed by atoms with Crippen molar-refractivity contribution >= 4 is 49.6 Å². The van der Waals surface area contributed by atoms with E-state index in [0.717, 1.165) is 29.2 Å². The molecule has 1 heterocycles. The Kier molecular flexibility index (Phi) is 6.98. The van der Waals surface area contributed by atoms with Gasteiger partial charge in [-0.1, -0.05) is 140 Å². The van der Waals surface area contributed by atoms with Gasteiger partial charge in [0.05, 0.1) is 16.7 Å². The third-order valence-electron chi connectivity index (χ3n) is 9.69. The van der Waals surface area contributed by atoms with Crippen molar-refractivity contribution in [1.82, 2.24) is 4.57 Å². The predicted molar refractivity (Wildman–Crippen MR) is 204 cm³/mol. The minimum atomic E-state index is 0.399. The van der Waals surface area contributed by atoms with Crippen molar-refractivity contribution in [3.8, 4) is 16.8 Å². The Morgan fingerprint density at radius 3 is 1.90 bits per heavy atom. The van der Waals surface area contributed by atoms with E-state index in [4.69, 9.17) is 0 Å². The van der Waals surface area contributed by atoms with Crippen LogP contribution in [0, 0.1) is 0 Å². The second kappa shape index (κ2) is 11.9. The fourth-order valence-electron chi connectivity index (χ4n) is 7.40. The molecule has 48 heavy (non-hydrogen) atoms. The second-order valence-corrected chi connectivity index (χ2v) is 12.5. The van der Waals surface area contributed by atoms with E-state index in [1.165, 1.54) is 49.3 Å². The van der Waals surface area contributed by atoms with Crippen molar-refractivity contribution in [3.63, 3.8) is 0 Å². The zero-order valence-electron chi connectivity index (χ0n) is 26.6. The third kappa shape index (κ3) is 4.82. The molecular weight excluding hydrogens is 581 g/mol. The number of nitrogens with zero attached hydrogens (tertiary/aromatic N) is 2. The third-order valence-corrected chi connectivity index (χ3v) is 9.69. The molecule has 0 saturated heterocycles. The molecule has 1 unspecified atom stereocenters. The highest BCUT2D eigenvalue weighted by molar-refractivity contribution is 6.25. The van der Waals surface area contributed by atoms with Crippen LogP contribution in [0.3, 0.4) is 0 Å². The number of benzene rings is 7. The number of aromatic nitrogens is 1. The van der Waals surface area contributed by atoms with Gasteiger partial charge in [0.1, 0.15) is 0 Å². The summed E-state index contributed by atoms with van der Waals surface area (Å²) in [6.45, 7) is 0. The fraction of sp³-hybridized carbons (Fsp3) is 0.0435. The van der Waals surface area contributed by atoms with E-state index in [0.29, 0.717) is 5.92 Å². The van der Waals surface area contributed by atoms with Gasteiger partial charge in [-0.3, -0.25) is 0 Å². The van der Waals surface area contributed by atoms with Gasteiger partial charge in [0.25, 0.3) is 0 Å². The topological polar surface area (TPSA) is 8.17 Å². The Hall–Kier alpha value is -6.12.